The molecule has 1 aliphatic rings. The highest BCUT2D eigenvalue weighted by molar-refractivity contribution is 7.09. The minimum atomic E-state index is 0.781. The molecule has 1 N–H and O–H groups in total. The zero-order valence-corrected chi connectivity index (χ0v) is 11.9. The Morgan fingerprint density at radius 3 is 3.22 bits per heavy atom. The van der Waals surface area contributed by atoms with Crippen LogP contribution in [0, 0.1) is 5.92 Å². The Balaban J connectivity index is 1.83. The molecule has 1 aromatic heterocycles. The van der Waals surface area contributed by atoms with Crippen molar-refractivity contribution >= 4 is 11.3 Å². The standard InChI is InChI=1S/C13H23N3OS/c1-17-6-5-16(10-13-8-15-11-18-13)9-12-3-2-4-14-7-12/h8,11-12,14H,2-7,9-10H2,1H3. The molecule has 1 fully saturated rings. The molecular formula is C13H23N3OS. The van der Waals surface area contributed by atoms with E-state index in [-0.39, 0.29) is 0 Å². The lowest BCUT2D eigenvalue weighted by Crippen LogP contribution is -2.39. The summed E-state index contributed by atoms with van der Waals surface area (Å²) in [6, 6.07) is 0. The summed E-state index contributed by atoms with van der Waals surface area (Å²) >= 11 is 1.74. The minimum Gasteiger partial charge on any atom is -0.383 e. The van der Waals surface area contributed by atoms with Gasteiger partial charge in [0.05, 0.1) is 12.1 Å². The summed E-state index contributed by atoms with van der Waals surface area (Å²) in [5.74, 6) is 0.781. The van der Waals surface area contributed by atoms with Crippen molar-refractivity contribution in [2.24, 2.45) is 5.92 Å². The Morgan fingerprint density at radius 1 is 1.61 bits per heavy atom. The summed E-state index contributed by atoms with van der Waals surface area (Å²) < 4.78 is 5.21. The summed E-state index contributed by atoms with van der Waals surface area (Å²) in [6.07, 6.45) is 4.63. The number of methoxy groups -OCH3 is 1. The van der Waals surface area contributed by atoms with Crippen LogP contribution in [0.3, 0.4) is 0 Å². The quantitative estimate of drug-likeness (QED) is 0.816. The number of hydrogen-bond donors (Lipinski definition) is 1. The van der Waals surface area contributed by atoms with Crippen LogP contribution >= 0.6 is 11.3 Å². The highest BCUT2D eigenvalue weighted by atomic mass is 32.1. The summed E-state index contributed by atoms with van der Waals surface area (Å²) in [5.41, 5.74) is 1.91. The van der Waals surface area contributed by atoms with Crippen molar-refractivity contribution in [1.29, 1.82) is 0 Å². The largest absolute Gasteiger partial charge is 0.383 e. The van der Waals surface area contributed by atoms with Gasteiger partial charge in [0.25, 0.3) is 0 Å². The van der Waals surface area contributed by atoms with Gasteiger partial charge in [0, 0.05) is 37.8 Å². The van der Waals surface area contributed by atoms with E-state index in [1.807, 2.05) is 11.7 Å². The summed E-state index contributed by atoms with van der Waals surface area (Å²) in [5, 5.41) is 3.49. The predicted octanol–water partition coefficient (Wildman–Crippen LogP) is 1.59. The molecule has 2 rings (SSSR count). The van der Waals surface area contributed by atoms with E-state index in [4.69, 9.17) is 4.74 Å². The van der Waals surface area contributed by atoms with Crippen molar-refractivity contribution in [3.05, 3.63) is 16.6 Å². The van der Waals surface area contributed by atoms with Gasteiger partial charge in [-0.15, -0.1) is 11.3 Å². The van der Waals surface area contributed by atoms with Gasteiger partial charge in [-0.25, -0.2) is 0 Å². The monoisotopic (exact) mass is 269 g/mol. The number of aromatic nitrogens is 1. The first-order valence-electron chi connectivity index (χ1n) is 6.68. The van der Waals surface area contributed by atoms with Crippen LogP contribution in [0.4, 0.5) is 0 Å². The maximum atomic E-state index is 5.21. The van der Waals surface area contributed by atoms with Crippen molar-refractivity contribution < 1.29 is 4.74 Å². The molecule has 0 amide bonds. The van der Waals surface area contributed by atoms with Gasteiger partial charge in [-0.2, -0.15) is 0 Å². The van der Waals surface area contributed by atoms with E-state index < -0.39 is 0 Å². The van der Waals surface area contributed by atoms with Crippen LogP contribution in [0.1, 0.15) is 17.7 Å². The van der Waals surface area contributed by atoms with Crippen molar-refractivity contribution in [3.63, 3.8) is 0 Å². The lowest BCUT2D eigenvalue weighted by atomic mass is 9.99. The Kier molecular flexibility index (Phi) is 6.07. The van der Waals surface area contributed by atoms with Crippen LogP contribution in [0.15, 0.2) is 11.7 Å². The van der Waals surface area contributed by atoms with Crippen LogP contribution in [0.5, 0.6) is 0 Å². The van der Waals surface area contributed by atoms with Crippen molar-refractivity contribution in [2.45, 2.75) is 19.4 Å². The van der Waals surface area contributed by atoms with Crippen LogP contribution in [-0.4, -0.2) is 49.8 Å². The van der Waals surface area contributed by atoms with Gasteiger partial charge in [0.15, 0.2) is 0 Å². The molecule has 1 aromatic rings. The second-order valence-electron chi connectivity index (χ2n) is 4.91. The molecule has 5 heteroatoms. The molecule has 0 bridgehead atoms. The molecule has 102 valence electrons. The zero-order chi connectivity index (χ0) is 12.6. The van der Waals surface area contributed by atoms with Crippen LogP contribution in [0.25, 0.3) is 0 Å². The normalized spacial score (nSPS) is 20.4. The average molecular weight is 269 g/mol. The Bertz CT molecular complexity index is 312. The number of piperidine rings is 1. The van der Waals surface area contributed by atoms with Crippen LogP contribution < -0.4 is 5.32 Å². The van der Waals surface area contributed by atoms with Crippen molar-refractivity contribution in [3.8, 4) is 0 Å². The third-order valence-electron chi connectivity index (χ3n) is 3.39. The maximum absolute atomic E-state index is 5.21. The van der Waals surface area contributed by atoms with Gasteiger partial charge in [-0.3, -0.25) is 9.88 Å². The zero-order valence-electron chi connectivity index (χ0n) is 11.1. The fourth-order valence-electron chi connectivity index (χ4n) is 2.44. The Labute approximate surface area is 113 Å². The summed E-state index contributed by atoms with van der Waals surface area (Å²) in [7, 11) is 1.77. The maximum Gasteiger partial charge on any atom is 0.0794 e. The third-order valence-corrected chi connectivity index (χ3v) is 4.15. The second kappa shape index (κ2) is 7.84. The molecule has 0 spiro atoms. The number of hydrogen-bond acceptors (Lipinski definition) is 5. The first kappa shape index (κ1) is 13.9. The Hall–Kier alpha value is -0.490. The number of nitrogens with zero attached hydrogens (tertiary/aromatic N) is 2. The molecule has 2 heterocycles. The number of rotatable bonds is 7. The number of thiazole rings is 1. The van der Waals surface area contributed by atoms with E-state index in [1.54, 1.807) is 18.4 Å². The molecule has 0 aliphatic carbocycles. The molecule has 1 saturated heterocycles. The highest BCUT2D eigenvalue weighted by Crippen LogP contribution is 2.15. The first-order chi connectivity index (χ1) is 8.88. The van der Waals surface area contributed by atoms with Gasteiger partial charge in [0.2, 0.25) is 0 Å². The molecule has 1 atom stereocenters. The van der Waals surface area contributed by atoms with Gasteiger partial charge < -0.3 is 10.1 Å². The minimum absolute atomic E-state index is 0.781. The number of ether oxygens (including phenoxy) is 1. The van der Waals surface area contributed by atoms with E-state index in [0.717, 1.165) is 38.7 Å². The molecule has 1 unspecified atom stereocenters. The van der Waals surface area contributed by atoms with Crippen LogP contribution in [0.2, 0.25) is 0 Å². The number of nitrogens with one attached hydrogen (secondary N) is 1. The molecule has 0 radical (unpaired) electrons. The first-order valence-corrected chi connectivity index (χ1v) is 7.56. The summed E-state index contributed by atoms with van der Waals surface area (Å²) in [4.78, 5) is 7.99. The van der Waals surface area contributed by atoms with Gasteiger partial charge in [-0.05, 0) is 31.8 Å². The van der Waals surface area contributed by atoms with Crippen molar-refractivity contribution in [2.75, 3.05) is 39.9 Å². The van der Waals surface area contributed by atoms with E-state index in [9.17, 15) is 0 Å². The molecule has 18 heavy (non-hydrogen) atoms. The molecule has 0 saturated carbocycles. The lowest BCUT2D eigenvalue weighted by Gasteiger charge is -2.29. The van der Waals surface area contributed by atoms with E-state index in [1.165, 1.54) is 24.3 Å². The molecule has 1 aliphatic heterocycles. The van der Waals surface area contributed by atoms with Gasteiger partial charge in [-0.1, -0.05) is 0 Å². The van der Waals surface area contributed by atoms with Gasteiger partial charge in [0.1, 0.15) is 0 Å². The average Bonchev–Trinajstić information content (AvgIpc) is 2.90. The Morgan fingerprint density at radius 2 is 2.56 bits per heavy atom. The van der Waals surface area contributed by atoms with Crippen LogP contribution in [-0.2, 0) is 11.3 Å². The summed E-state index contributed by atoms with van der Waals surface area (Å²) in [6.45, 7) is 6.32. The van der Waals surface area contributed by atoms with Crippen molar-refractivity contribution in [1.82, 2.24) is 15.2 Å². The van der Waals surface area contributed by atoms with E-state index in [2.05, 4.69) is 15.2 Å². The van der Waals surface area contributed by atoms with E-state index in [0.29, 0.717) is 0 Å². The lowest BCUT2D eigenvalue weighted by molar-refractivity contribution is 0.127. The highest BCUT2D eigenvalue weighted by Gasteiger charge is 2.17. The third kappa shape index (κ3) is 4.65. The second-order valence-corrected chi connectivity index (χ2v) is 5.88. The fourth-order valence-corrected chi connectivity index (χ4v) is 3.08. The predicted molar refractivity (Wildman–Crippen MR) is 74.9 cm³/mol. The van der Waals surface area contributed by atoms with Gasteiger partial charge >= 0.3 is 0 Å². The topological polar surface area (TPSA) is 37.4 Å². The van der Waals surface area contributed by atoms with E-state index >= 15 is 0 Å². The molecular weight excluding hydrogens is 246 g/mol. The molecule has 0 aromatic carbocycles. The SMILES string of the molecule is COCCN(Cc1cncs1)CC1CCCNC1. The smallest absolute Gasteiger partial charge is 0.0794 e. The molecule has 4 nitrogen and oxygen atoms in total. The fraction of sp³-hybridized carbons (Fsp3) is 0.769.